The molecule has 8 heteroatoms. The average molecular weight is 353 g/mol. The summed E-state index contributed by atoms with van der Waals surface area (Å²) in [6, 6.07) is 2.32. The van der Waals surface area contributed by atoms with Crippen molar-refractivity contribution in [2.24, 2.45) is 0 Å². The molecule has 0 spiro atoms. The second-order valence-electron chi connectivity index (χ2n) is 6.11. The quantitative estimate of drug-likeness (QED) is 0.864. The predicted molar refractivity (Wildman–Crippen MR) is 84.7 cm³/mol. The second kappa shape index (κ2) is 7.99. The Labute approximate surface area is 144 Å². The number of hydrogen-bond acceptors (Lipinski definition) is 5. The lowest BCUT2D eigenvalue weighted by atomic mass is 9.97. The maximum absolute atomic E-state index is 14.3. The van der Waals surface area contributed by atoms with Crippen molar-refractivity contribution in [2.45, 2.75) is 50.7 Å². The Balaban J connectivity index is 1.83. The van der Waals surface area contributed by atoms with Gasteiger partial charge in [0.15, 0.2) is 6.29 Å². The summed E-state index contributed by atoms with van der Waals surface area (Å²) in [5, 5.41) is 14.8. The highest BCUT2D eigenvalue weighted by Gasteiger charge is 2.33. The lowest BCUT2D eigenvalue weighted by Crippen LogP contribution is -2.39. The molecule has 1 fully saturated rings. The molecule has 2 aromatic rings. The Hall–Kier alpha value is -1.90. The molecule has 1 aromatic heterocycles. The van der Waals surface area contributed by atoms with E-state index in [9.17, 15) is 13.9 Å². The first kappa shape index (κ1) is 17.9. The van der Waals surface area contributed by atoms with Gasteiger partial charge in [-0.1, -0.05) is 6.07 Å². The van der Waals surface area contributed by atoms with Crippen molar-refractivity contribution in [2.75, 3.05) is 6.61 Å². The zero-order valence-corrected chi connectivity index (χ0v) is 13.9. The van der Waals surface area contributed by atoms with E-state index in [1.165, 1.54) is 23.4 Å². The van der Waals surface area contributed by atoms with E-state index in [4.69, 9.17) is 9.47 Å². The Morgan fingerprint density at radius 1 is 1.36 bits per heavy atom. The Bertz CT molecular complexity index is 678. The number of ether oxygens (including phenoxy) is 2. The van der Waals surface area contributed by atoms with E-state index < -0.39 is 36.2 Å². The second-order valence-corrected chi connectivity index (χ2v) is 6.11. The molecule has 0 saturated carbocycles. The minimum atomic E-state index is -1.13. The van der Waals surface area contributed by atoms with E-state index in [-0.39, 0.29) is 5.56 Å². The molecule has 25 heavy (non-hydrogen) atoms. The van der Waals surface area contributed by atoms with Crippen LogP contribution >= 0.6 is 0 Å². The topological polar surface area (TPSA) is 69.4 Å². The summed E-state index contributed by atoms with van der Waals surface area (Å²) < 4.78 is 40.2. The van der Waals surface area contributed by atoms with E-state index >= 15 is 0 Å². The van der Waals surface area contributed by atoms with Crippen LogP contribution in [0.4, 0.5) is 8.78 Å². The fourth-order valence-corrected chi connectivity index (χ4v) is 2.98. The van der Waals surface area contributed by atoms with Gasteiger partial charge in [0.2, 0.25) is 0 Å². The number of aromatic nitrogens is 3. The highest BCUT2D eigenvalue weighted by Crippen LogP contribution is 2.28. The summed E-state index contributed by atoms with van der Waals surface area (Å²) in [7, 11) is 0. The maximum atomic E-state index is 14.3. The van der Waals surface area contributed by atoms with Crippen LogP contribution in [-0.2, 0) is 9.47 Å². The Kier molecular flexibility index (Phi) is 5.72. The summed E-state index contributed by atoms with van der Waals surface area (Å²) in [5.41, 5.74) is 0.111. The molecule has 0 radical (unpaired) electrons. The molecule has 0 aliphatic carbocycles. The standard InChI is InChI=1S/C17H21F2N3O3/c1-11(25-15-4-2-3-7-24-15)17(23)16(22-10-20-9-21-22)13-6-5-12(18)8-14(13)19/h5-6,8-11,15-17,23H,2-4,7H2,1H3. The van der Waals surface area contributed by atoms with Crippen LogP contribution < -0.4 is 0 Å². The number of aliphatic hydroxyl groups excluding tert-OH is 1. The monoisotopic (exact) mass is 353 g/mol. The summed E-state index contributed by atoms with van der Waals surface area (Å²) in [5.74, 6) is -1.45. The Morgan fingerprint density at radius 3 is 2.84 bits per heavy atom. The zero-order valence-electron chi connectivity index (χ0n) is 13.9. The van der Waals surface area contributed by atoms with Crippen LogP contribution in [0, 0.1) is 11.6 Å². The van der Waals surface area contributed by atoms with Crippen molar-refractivity contribution in [1.29, 1.82) is 0 Å². The fraction of sp³-hybridized carbons (Fsp3) is 0.529. The fourth-order valence-electron chi connectivity index (χ4n) is 2.98. The number of rotatable bonds is 6. The molecule has 6 nitrogen and oxygen atoms in total. The van der Waals surface area contributed by atoms with Gasteiger partial charge in [0.25, 0.3) is 0 Å². The SMILES string of the molecule is CC(OC1CCCCO1)C(O)C(c1ccc(F)cc1F)n1cncn1. The van der Waals surface area contributed by atoms with Crippen LogP contribution in [0.5, 0.6) is 0 Å². The molecule has 1 saturated heterocycles. The lowest BCUT2D eigenvalue weighted by molar-refractivity contribution is -0.205. The van der Waals surface area contributed by atoms with Crippen molar-refractivity contribution in [3.8, 4) is 0 Å². The van der Waals surface area contributed by atoms with E-state index in [0.29, 0.717) is 6.61 Å². The van der Waals surface area contributed by atoms with Gasteiger partial charge in [0.1, 0.15) is 36.4 Å². The van der Waals surface area contributed by atoms with Crippen molar-refractivity contribution < 1.29 is 23.4 Å². The summed E-state index contributed by atoms with van der Waals surface area (Å²) in [4.78, 5) is 3.85. The van der Waals surface area contributed by atoms with Gasteiger partial charge in [-0.15, -0.1) is 0 Å². The maximum Gasteiger partial charge on any atom is 0.158 e. The van der Waals surface area contributed by atoms with Gasteiger partial charge in [-0.3, -0.25) is 0 Å². The van der Waals surface area contributed by atoms with E-state index in [1.807, 2.05) is 0 Å². The van der Waals surface area contributed by atoms with E-state index in [0.717, 1.165) is 31.4 Å². The minimum absolute atomic E-state index is 0.111. The Morgan fingerprint density at radius 2 is 2.20 bits per heavy atom. The molecule has 0 amide bonds. The van der Waals surface area contributed by atoms with Gasteiger partial charge in [0, 0.05) is 18.2 Å². The molecule has 4 atom stereocenters. The zero-order chi connectivity index (χ0) is 17.8. The normalized spacial score (nSPS) is 21.7. The predicted octanol–water partition coefficient (Wildman–Crippen LogP) is 2.44. The highest BCUT2D eigenvalue weighted by atomic mass is 19.1. The van der Waals surface area contributed by atoms with Crippen LogP contribution in [0.15, 0.2) is 30.9 Å². The van der Waals surface area contributed by atoms with Crippen LogP contribution in [0.3, 0.4) is 0 Å². The molecule has 3 rings (SSSR count). The largest absolute Gasteiger partial charge is 0.388 e. The first-order chi connectivity index (χ1) is 12.1. The van der Waals surface area contributed by atoms with Crippen LogP contribution in [0.2, 0.25) is 0 Å². The summed E-state index contributed by atoms with van der Waals surface area (Å²) >= 11 is 0. The minimum Gasteiger partial charge on any atom is -0.388 e. The molecule has 1 N–H and O–H groups in total. The number of hydrogen-bond donors (Lipinski definition) is 1. The third-order valence-electron chi connectivity index (χ3n) is 4.31. The number of nitrogens with zero attached hydrogens (tertiary/aromatic N) is 3. The molecule has 0 bridgehead atoms. The lowest BCUT2D eigenvalue weighted by Gasteiger charge is -2.32. The number of aliphatic hydroxyl groups is 1. The summed E-state index contributed by atoms with van der Waals surface area (Å²) in [6.07, 6.45) is 3.21. The van der Waals surface area contributed by atoms with Gasteiger partial charge in [-0.25, -0.2) is 18.4 Å². The van der Waals surface area contributed by atoms with Crippen LogP contribution in [-0.4, -0.2) is 45.0 Å². The first-order valence-electron chi connectivity index (χ1n) is 8.30. The van der Waals surface area contributed by atoms with E-state index in [2.05, 4.69) is 10.1 Å². The molecule has 136 valence electrons. The highest BCUT2D eigenvalue weighted by molar-refractivity contribution is 5.24. The van der Waals surface area contributed by atoms with Crippen molar-refractivity contribution in [3.63, 3.8) is 0 Å². The molecule has 2 heterocycles. The van der Waals surface area contributed by atoms with E-state index in [1.54, 1.807) is 6.92 Å². The molecular formula is C17H21F2N3O3. The van der Waals surface area contributed by atoms with Crippen LogP contribution in [0.25, 0.3) is 0 Å². The van der Waals surface area contributed by atoms with Crippen LogP contribution in [0.1, 0.15) is 37.8 Å². The molecular weight excluding hydrogens is 332 g/mol. The van der Waals surface area contributed by atoms with Gasteiger partial charge < -0.3 is 14.6 Å². The van der Waals surface area contributed by atoms with Gasteiger partial charge >= 0.3 is 0 Å². The molecule has 1 aliphatic heterocycles. The third kappa shape index (κ3) is 4.20. The molecule has 4 unspecified atom stereocenters. The van der Waals surface area contributed by atoms with Crippen molar-refractivity contribution >= 4 is 0 Å². The van der Waals surface area contributed by atoms with Gasteiger partial charge in [0.05, 0.1) is 6.10 Å². The first-order valence-corrected chi connectivity index (χ1v) is 8.30. The molecule has 1 aliphatic rings. The average Bonchev–Trinajstić information content (AvgIpc) is 3.12. The number of benzene rings is 1. The van der Waals surface area contributed by atoms with Crippen molar-refractivity contribution in [3.05, 3.63) is 48.1 Å². The third-order valence-corrected chi connectivity index (χ3v) is 4.31. The summed E-state index contributed by atoms with van der Waals surface area (Å²) in [6.45, 7) is 2.31. The van der Waals surface area contributed by atoms with Gasteiger partial charge in [-0.05, 0) is 32.3 Å². The van der Waals surface area contributed by atoms with Crippen molar-refractivity contribution in [1.82, 2.24) is 14.8 Å². The molecule has 1 aromatic carbocycles. The van der Waals surface area contributed by atoms with Gasteiger partial charge in [-0.2, -0.15) is 5.10 Å². The number of halogens is 2. The smallest absolute Gasteiger partial charge is 0.158 e.